The molecule has 0 fully saturated rings. The third kappa shape index (κ3) is 3.60. The van der Waals surface area contributed by atoms with Crippen molar-refractivity contribution in [2.24, 2.45) is 0 Å². The monoisotopic (exact) mass is 343 g/mol. The third-order valence-corrected chi connectivity index (χ3v) is 3.79. The van der Waals surface area contributed by atoms with Crippen molar-refractivity contribution in [2.45, 2.75) is 11.7 Å². The highest BCUT2D eigenvalue weighted by atomic mass is 79.9. The smallest absolute Gasteiger partial charge is 0.190 e. The SMILES string of the molecule is CSc1nc(Cl)cc(NCc2ccccc2Br)n1. The summed E-state index contributed by atoms with van der Waals surface area (Å²) in [5.74, 6) is 0.732. The highest BCUT2D eigenvalue weighted by Gasteiger charge is 2.03. The number of nitrogens with one attached hydrogen (secondary N) is 1. The van der Waals surface area contributed by atoms with Crippen molar-refractivity contribution < 1.29 is 0 Å². The van der Waals surface area contributed by atoms with E-state index in [1.54, 1.807) is 6.07 Å². The summed E-state index contributed by atoms with van der Waals surface area (Å²) in [6.45, 7) is 0.683. The first-order chi connectivity index (χ1) is 8.69. The van der Waals surface area contributed by atoms with Gasteiger partial charge in [-0.05, 0) is 17.9 Å². The van der Waals surface area contributed by atoms with Crippen LogP contribution in [0, 0.1) is 0 Å². The van der Waals surface area contributed by atoms with E-state index in [1.165, 1.54) is 11.8 Å². The number of anilines is 1. The first-order valence-corrected chi connectivity index (χ1v) is 7.64. The second kappa shape index (κ2) is 6.41. The number of thioether (sulfide) groups is 1. The predicted octanol–water partition coefficient (Wildman–Crippen LogP) is 4.23. The lowest BCUT2D eigenvalue weighted by Gasteiger charge is -2.08. The van der Waals surface area contributed by atoms with Gasteiger partial charge >= 0.3 is 0 Å². The summed E-state index contributed by atoms with van der Waals surface area (Å²) >= 11 is 10.9. The number of rotatable bonds is 4. The van der Waals surface area contributed by atoms with E-state index in [0.717, 1.165) is 15.9 Å². The molecule has 6 heteroatoms. The summed E-state index contributed by atoms with van der Waals surface area (Å²) in [7, 11) is 0. The maximum Gasteiger partial charge on any atom is 0.190 e. The molecule has 0 atom stereocenters. The van der Waals surface area contributed by atoms with Crippen LogP contribution in [0.2, 0.25) is 5.15 Å². The van der Waals surface area contributed by atoms with Gasteiger partial charge < -0.3 is 5.32 Å². The molecule has 0 spiro atoms. The molecule has 1 aromatic carbocycles. The summed E-state index contributed by atoms with van der Waals surface area (Å²) in [6.07, 6.45) is 1.92. The van der Waals surface area contributed by atoms with Gasteiger partial charge in [0.2, 0.25) is 0 Å². The number of nitrogens with zero attached hydrogens (tertiary/aromatic N) is 2. The van der Waals surface area contributed by atoms with Crippen LogP contribution in [0.5, 0.6) is 0 Å². The summed E-state index contributed by atoms with van der Waals surface area (Å²) in [5.41, 5.74) is 1.16. The predicted molar refractivity (Wildman–Crippen MR) is 80.3 cm³/mol. The van der Waals surface area contributed by atoms with Crippen LogP contribution in [0.3, 0.4) is 0 Å². The van der Waals surface area contributed by atoms with Gasteiger partial charge in [-0.15, -0.1) is 0 Å². The molecule has 1 N–H and O–H groups in total. The van der Waals surface area contributed by atoms with E-state index in [9.17, 15) is 0 Å². The fraction of sp³-hybridized carbons (Fsp3) is 0.167. The Labute approximate surface area is 124 Å². The van der Waals surface area contributed by atoms with Crippen molar-refractivity contribution in [2.75, 3.05) is 11.6 Å². The summed E-state index contributed by atoms with van der Waals surface area (Å²) in [4.78, 5) is 8.43. The molecule has 0 unspecified atom stereocenters. The highest BCUT2D eigenvalue weighted by molar-refractivity contribution is 9.10. The Hall–Kier alpha value is -0.780. The van der Waals surface area contributed by atoms with Crippen LogP contribution in [-0.2, 0) is 6.54 Å². The zero-order chi connectivity index (χ0) is 13.0. The molecule has 1 aromatic heterocycles. The summed E-state index contributed by atoms with van der Waals surface area (Å²) in [5, 5.41) is 4.35. The molecule has 94 valence electrons. The van der Waals surface area contributed by atoms with E-state index in [2.05, 4.69) is 37.3 Å². The van der Waals surface area contributed by atoms with Crippen LogP contribution in [0.1, 0.15) is 5.56 Å². The third-order valence-electron chi connectivity index (χ3n) is 2.27. The number of hydrogen-bond acceptors (Lipinski definition) is 4. The number of aromatic nitrogens is 2. The van der Waals surface area contributed by atoms with Gasteiger partial charge in [-0.25, -0.2) is 9.97 Å². The molecule has 0 aliphatic heterocycles. The maximum absolute atomic E-state index is 5.93. The van der Waals surface area contributed by atoms with Gasteiger partial charge in [0.25, 0.3) is 0 Å². The van der Waals surface area contributed by atoms with Gasteiger partial charge in [-0.2, -0.15) is 0 Å². The molecule has 18 heavy (non-hydrogen) atoms. The Morgan fingerprint density at radius 3 is 2.83 bits per heavy atom. The van der Waals surface area contributed by atoms with Crippen molar-refractivity contribution in [1.29, 1.82) is 0 Å². The molecule has 2 aromatic rings. The van der Waals surface area contributed by atoms with Crippen molar-refractivity contribution in [3.05, 3.63) is 45.5 Å². The fourth-order valence-electron chi connectivity index (χ4n) is 1.41. The molecule has 0 radical (unpaired) electrons. The summed E-state index contributed by atoms with van der Waals surface area (Å²) in [6, 6.07) is 9.77. The van der Waals surface area contributed by atoms with E-state index in [4.69, 9.17) is 11.6 Å². The van der Waals surface area contributed by atoms with Gasteiger partial charge in [0.15, 0.2) is 5.16 Å². The zero-order valence-corrected chi connectivity index (χ0v) is 12.8. The minimum absolute atomic E-state index is 0.448. The molecular formula is C12H11BrClN3S. The largest absolute Gasteiger partial charge is 0.366 e. The molecule has 0 aliphatic rings. The van der Waals surface area contributed by atoms with Crippen LogP contribution in [0.4, 0.5) is 5.82 Å². The molecule has 3 nitrogen and oxygen atoms in total. The van der Waals surface area contributed by atoms with E-state index >= 15 is 0 Å². The normalized spacial score (nSPS) is 10.4. The minimum Gasteiger partial charge on any atom is -0.366 e. The molecular weight excluding hydrogens is 334 g/mol. The fourth-order valence-corrected chi connectivity index (χ4v) is 2.44. The molecule has 1 heterocycles. The Morgan fingerprint density at radius 1 is 1.33 bits per heavy atom. The standard InChI is InChI=1S/C12H11BrClN3S/c1-18-12-16-10(14)6-11(17-12)15-7-8-4-2-3-5-9(8)13/h2-6H,7H2,1H3,(H,15,16,17). The molecule has 0 aliphatic carbocycles. The molecule has 0 saturated heterocycles. The number of benzene rings is 1. The Balaban J connectivity index is 2.11. The second-order valence-electron chi connectivity index (χ2n) is 3.51. The average Bonchev–Trinajstić information content (AvgIpc) is 2.37. The number of halogens is 2. The zero-order valence-electron chi connectivity index (χ0n) is 9.65. The lowest BCUT2D eigenvalue weighted by atomic mass is 10.2. The Morgan fingerprint density at radius 2 is 2.11 bits per heavy atom. The van der Waals surface area contributed by atoms with E-state index in [-0.39, 0.29) is 0 Å². The van der Waals surface area contributed by atoms with Crippen molar-refractivity contribution in [1.82, 2.24) is 9.97 Å². The van der Waals surface area contributed by atoms with Gasteiger partial charge in [0.05, 0.1) is 0 Å². The summed E-state index contributed by atoms with van der Waals surface area (Å²) < 4.78 is 1.07. The average molecular weight is 345 g/mol. The maximum atomic E-state index is 5.93. The topological polar surface area (TPSA) is 37.8 Å². The highest BCUT2D eigenvalue weighted by Crippen LogP contribution is 2.20. The second-order valence-corrected chi connectivity index (χ2v) is 5.52. The lowest BCUT2D eigenvalue weighted by Crippen LogP contribution is -2.03. The van der Waals surface area contributed by atoms with Crippen LogP contribution >= 0.6 is 39.3 Å². The van der Waals surface area contributed by atoms with Crippen molar-refractivity contribution in [3.63, 3.8) is 0 Å². The van der Waals surface area contributed by atoms with Crippen LogP contribution in [0.25, 0.3) is 0 Å². The van der Waals surface area contributed by atoms with Gasteiger partial charge in [0, 0.05) is 17.1 Å². The Bertz CT molecular complexity index is 551. The van der Waals surface area contributed by atoms with Crippen LogP contribution < -0.4 is 5.32 Å². The van der Waals surface area contributed by atoms with E-state index < -0.39 is 0 Å². The van der Waals surface area contributed by atoms with Gasteiger partial charge in [-0.3, -0.25) is 0 Å². The minimum atomic E-state index is 0.448. The molecule has 0 amide bonds. The van der Waals surface area contributed by atoms with Crippen molar-refractivity contribution >= 4 is 45.1 Å². The van der Waals surface area contributed by atoms with Gasteiger partial charge in [0.1, 0.15) is 11.0 Å². The first-order valence-electron chi connectivity index (χ1n) is 5.25. The van der Waals surface area contributed by atoms with Crippen LogP contribution in [0.15, 0.2) is 40.0 Å². The molecule has 0 bridgehead atoms. The quantitative estimate of drug-likeness (QED) is 0.512. The Kier molecular flexibility index (Phi) is 4.86. The molecule has 2 rings (SSSR count). The van der Waals surface area contributed by atoms with E-state index in [0.29, 0.717) is 16.9 Å². The van der Waals surface area contributed by atoms with Crippen molar-refractivity contribution in [3.8, 4) is 0 Å². The van der Waals surface area contributed by atoms with Crippen LogP contribution in [-0.4, -0.2) is 16.2 Å². The first kappa shape index (κ1) is 13.6. The van der Waals surface area contributed by atoms with E-state index in [1.807, 2.05) is 24.5 Å². The lowest BCUT2D eigenvalue weighted by molar-refractivity contribution is 0.955. The number of hydrogen-bond donors (Lipinski definition) is 1. The van der Waals surface area contributed by atoms with Gasteiger partial charge in [-0.1, -0.05) is 57.5 Å². The molecule has 0 saturated carbocycles.